The highest BCUT2D eigenvalue weighted by Crippen LogP contribution is 2.26. The minimum Gasteiger partial charge on any atom is -0.318 e. The molecule has 0 aromatic carbocycles. The van der Waals surface area contributed by atoms with Gasteiger partial charge in [-0.2, -0.15) is 0 Å². The van der Waals surface area contributed by atoms with Gasteiger partial charge in [-0.05, 0) is 32.9 Å². The standard InChI is InChI=1S/C10H22N2/c1-8(2)10-6-5-9(7-11-3)12(10)4/h8-11H,5-7H2,1-4H3/t9-,10+/m0/s1. The van der Waals surface area contributed by atoms with Gasteiger partial charge in [0.25, 0.3) is 0 Å². The molecule has 0 unspecified atom stereocenters. The average molecular weight is 170 g/mol. The van der Waals surface area contributed by atoms with Crippen LogP contribution in [0.4, 0.5) is 0 Å². The molecule has 0 aromatic heterocycles. The van der Waals surface area contributed by atoms with E-state index in [1.807, 2.05) is 7.05 Å². The summed E-state index contributed by atoms with van der Waals surface area (Å²) in [5.74, 6) is 0.803. The Kier molecular flexibility index (Phi) is 3.53. The largest absolute Gasteiger partial charge is 0.318 e. The van der Waals surface area contributed by atoms with Crippen molar-refractivity contribution >= 4 is 0 Å². The summed E-state index contributed by atoms with van der Waals surface area (Å²) in [5, 5.41) is 3.26. The molecule has 1 fully saturated rings. The maximum absolute atomic E-state index is 3.26. The van der Waals surface area contributed by atoms with Crippen LogP contribution in [-0.2, 0) is 0 Å². The van der Waals surface area contributed by atoms with Gasteiger partial charge in [0.1, 0.15) is 0 Å². The summed E-state index contributed by atoms with van der Waals surface area (Å²) >= 11 is 0. The van der Waals surface area contributed by atoms with Crippen LogP contribution < -0.4 is 5.32 Å². The zero-order chi connectivity index (χ0) is 9.14. The molecule has 0 saturated carbocycles. The van der Waals surface area contributed by atoms with Crippen LogP contribution in [0.25, 0.3) is 0 Å². The maximum Gasteiger partial charge on any atom is 0.0221 e. The van der Waals surface area contributed by atoms with Gasteiger partial charge >= 0.3 is 0 Å². The van der Waals surface area contributed by atoms with Gasteiger partial charge < -0.3 is 5.32 Å². The predicted octanol–water partition coefficient (Wildman–Crippen LogP) is 1.32. The lowest BCUT2D eigenvalue weighted by Gasteiger charge is -2.28. The Morgan fingerprint density at radius 3 is 2.50 bits per heavy atom. The van der Waals surface area contributed by atoms with Gasteiger partial charge in [-0.1, -0.05) is 13.8 Å². The quantitative estimate of drug-likeness (QED) is 0.687. The molecule has 0 aliphatic carbocycles. The van der Waals surface area contributed by atoms with Crippen molar-refractivity contribution in [2.24, 2.45) is 5.92 Å². The van der Waals surface area contributed by atoms with Crippen LogP contribution in [0.5, 0.6) is 0 Å². The van der Waals surface area contributed by atoms with Crippen LogP contribution in [0.2, 0.25) is 0 Å². The molecule has 72 valence electrons. The Morgan fingerprint density at radius 2 is 2.08 bits per heavy atom. The van der Waals surface area contributed by atoms with E-state index in [2.05, 4.69) is 31.1 Å². The average Bonchev–Trinajstić information content (AvgIpc) is 2.34. The fourth-order valence-corrected chi connectivity index (χ4v) is 2.33. The van der Waals surface area contributed by atoms with Crippen LogP contribution in [-0.4, -0.2) is 37.6 Å². The second kappa shape index (κ2) is 4.24. The van der Waals surface area contributed by atoms with Gasteiger partial charge in [-0.15, -0.1) is 0 Å². The lowest BCUT2D eigenvalue weighted by atomic mass is 10.0. The fraction of sp³-hybridized carbons (Fsp3) is 1.00. The molecule has 12 heavy (non-hydrogen) atoms. The third kappa shape index (κ3) is 1.99. The fourth-order valence-electron chi connectivity index (χ4n) is 2.33. The van der Waals surface area contributed by atoms with Crippen molar-refractivity contribution in [1.29, 1.82) is 0 Å². The smallest absolute Gasteiger partial charge is 0.0221 e. The molecule has 0 amide bonds. The van der Waals surface area contributed by atoms with E-state index in [1.165, 1.54) is 12.8 Å². The molecule has 0 radical (unpaired) electrons. The monoisotopic (exact) mass is 170 g/mol. The Balaban J connectivity index is 2.43. The van der Waals surface area contributed by atoms with Gasteiger partial charge in [-0.3, -0.25) is 4.90 Å². The van der Waals surface area contributed by atoms with Gasteiger partial charge in [-0.25, -0.2) is 0 Å². The van der Waals surface area contributed by atoms with Crippen molar-refractivity contribution in [3.63, 3.8) is 0 Å². The van der Waals surface area contributed by atoms with E-state index >= 15 is 0 Å². The zero-order valence-electron chi connectivity index (χ0n) is 8.80. The van der Waals surface area contributed by atoms with Crippen LogP contribution >= 0.6 is 0 Å². The van der Waals surface area contributed by atoms with Crippen molar-refractivity contribution in [2.45, 2.75) is 38.8 Å². The van der Waals surface area contributed by atoms with Crippen molar-refractivity contribution < 1.29 is 0 Å². The van der Waals surface area contributed by atoms with Crippen molar-refractivity contribution in [1.82, 2.24) is 10.2 Å². The second-order valence-electron chi connectivity index (χ2n) is 4.27. The lowest BCUT2D eigenvalue weighted by molar-refractivity contribution is 0.197. The number of rotatable bonds is 3. The Labute approximate surface area is 76.3 Å². The summed E-state index contributed by atoms with van der Waals surface area (Å²) in [7, 11) is 4.30. The molecule has 0 spiro atoms. The third-order valence-electron chi connectivity index (χ3n) is 3.10. The third-order valence-corrected chi connectivity index (χ3v) is 3.10. The van der Waals surface area contributed by atoms with Crippen molar-refractivity contribution in [2.75, 3.05) is 20.6 Å². The van der Waals surface area contributed by atoms with E-state index in [-0.39, 0.29) is 0 Å². The van der Waals surface area contributed by atoms with Crippen LogP contribution in [0.3, 0.4) is 0 Å². The highest BCUT2D eigenvalue weighted by atomic mass is 15.2. The molecule has 1 saturated heterocycles. The van der Waals surface area contributed by atoms with E-state index < -0.39 is 0 Å². The molecule has 1 heterocycles. The summed E-state index contributed by atoms with van der Waals surface area (Å²) < 4.78 is 0. The Hall–Kier alpha value is -0.0800. The number of nitrogens with one attached hydrogen (secondary N) is 1. The normalized spacial score (nSPS) is 31.8. The molecular weight excluding hydrogens is 148 g/mol. The minimum absolute atomic E-state index is 0.766. The van der Waals surface area contributed by atoms with Crippen LogP contribution in [0.1, 0.15) is 26.7 Å². The minimum atomic E-state index is 0.766. The molecule has 1 N–H and O–H groups in total. The second-order valence-corrected chi connectivity index (χ2v) is 4.27. The van der Waals surface area contributed by atoms with Crippen LogP contribution in [0, 0.1) is 5.92 Å². The maximum atomic E-state index is 3.26. The number of likely N-dealkylation sites (tertiary alicyclic amines) is 1. The lowest BCUT2D eigenvalue weighted by Crippen LogP contribution is -2.40. The predicted molar refractivity (Wildman–Crippen MR) is 53.3 cm³/mol. The topological polar surface area (TPSA) is 15.3 Å². The molecule has 2 atom stereocenters. The number of hydrogen-bond donors (Lipinski definition) is 1. The molecule has 1 rings (SSSR count). The van der Waals surface area contributed by atoms with Crippen LogP contribution in [0.15, 0.2) is 0 Å². The molecule has 1 aliphatic rings. The van der Waals surface area contributed by atoms with Gasteiger partial charge in [0.15, 0.2) is 0 Å². The van der Waals surface area contributed by atoms with E-state index in [0.717, 1.165) is 24.5 Å². The zero-order valence-corrected chi connectivity index (χ0v) is 8.80. The first-order chi connectivity index (χ1) is 5.66. The molecule has 0 aromatic rings. The Bertz CT molecular complexity index is 134. The summed E-state index contributed by atoms with van der Waals surface area (Å²) in [5.41, 5.74) is 0. The summed E-state index contributed by atoms with van der Waals surface area (Å²) in [6.07, 6.45) is 2.74. The van der Waals surface area contributed by atoms with E-state index in [0.29, 0.717) is 0 Å². The van der Waals surface area contributed by atoms with E-state index in [9.17, 15) is 0 Å². The first-order valence-corrected chi connectivity index (χ1v) is 5.03. The highest BCUT2D eigenvalue weighted by molar-refractivity contribution is 4.87. The van der Waals surface area contributed by atoms with E-state index in [4.69, 9.17) is 0 Å². The summed E-state index contributed by atoms with van der Waals surface area (Å²) in [6, 6.07) is 1.57. The van der Waals surface area contributed by atoms with E-state index in [1.54, 1.807) is 0 Å². The first-order valence-electron chi connectivity index (χ1n) is 5.03. The molecule has 2 heteroatoms. The number of hydrogen-bond acceptors (Lipinski definition) is 2. The Morgan fingerprint density at radius 1 is 1.42 bits per heavy atom. The number of nitrogens with zero attached hydrogens (tertiary/aromatic N) is 1. The SMILES string of the molecule is CNC[C@@H]1CC[C@H](C(C)C)N1C. The molecular formula is C10H22N2. The molecule has 1 aliphatic heterocycles. The molecule has 2 nitrogen and oxygen atoms in total. The van der Waals surface area contributed by atoms with Gasteiger partial charge in [0.05, 0.1) is 0 Å². The van der Waals surface area contributed by atoms with Gasteiger partial charge in [0.2, 0.25) is 0 Å². The van der Waals surface area contributed by atoms with Gasteiger partial charge in [0, 0.05) is 18.6 Å². The first kappa shape index (κ1) is 10.0. The molecule has 0 bridgehead atoms. The summed E-state index contributed by atoms with van der Waals surface area (Å²) in [6.45, 7) is 5.78. The summed E-state index contributed by atoms with van der Waals surface area (Å²) in [4.78, 5) is 2.54. The highest BCUT2D eigenvalue weighted by Gasteiger charge is 2.31. The number of likely N-dealkylation sites (N-methyl/N-ethyl adjacent to an activating group) is 2. The van der Waals surface area contributed by atoms with Crippen molar-refractivity contribution in [3.05, 3.63) is 0 Å². The van der Waals surface area contributed by atoms with Crippen molar-refractivity contribution in [3.8, 4) is 0 Å².